The first-order chi connectivity index (χ1) is 10.2. The number of likely N-dealkylation sites (N-methyl/N-ethyl adjacent to an activating group) is 1. The molecule has 0 heterocycles. The van der Waals surface area contributed by atoms with E-state index in [0.717, 1.165) is 28.9 Å². The molecular weight excluding hydrogens is 329 g/mol. The van der Waals surface area contributed by atoms with Crippen LogP contribution in [0.4, 0.5) is 4.39 Å². The van der Waals surface area contributed by atoms with Gasteiger partial charge in [0.25, 0.3) is 0 Å². The second-order valence-electron chi connectivity index (χ2n) is 6.32. The van der Waals surface area contributed by atoms with Crippen molar-refractivity contribution in [2.45, 2.75) is 64.3 Å². The van der Waals surface area contributed by atoms with E-state index in [-0.39, 0.29) is 5.82 Å². The highest BCUT2D eigenvalue weighted by atomic mass is 79.9. The summed E-state index contributed by atoms with van der Waals surface area (Å²) in [6, 6.07) is 5.68. The Labute approximate surface area is 136 Å². The Kier molecular flexibility index (Phi) is 7.18. The van der Waals surface area contributed by atoms with E-state index in [0.29, 0.717) is 6.04 Å². The molecule has 1 aliphatic carbocycles. The van der Waals surface area contributed by atoms with E-state index in [9.17, 15) is 4.39 Å². The maximum atomic E-state index is 13.5. The summed E-state index contributed by atoms with van der Waals surface area (Å²) in [6.45, 7) is 3.13. The van der Waals surface area contributed by atoms with Gasteiger partial charge in [-0.25, -0.2) is 4.39 Å². The Balaban J connectivity index is 1.88. The zero-order valence-electron chi connectivity index (χ0n) is 13.0. The van der Waals surface area contributed by atoms with E-state index in [4.69, 9.17) is 0 Å². The third-order valence-corrected chi connectivity index (χ3v) is 5.00. The van der Waals surface area contributed by atoms with Gasteiger partial charge >= 0.3 is 0 Å². The second-order valence-corrected chi connectivity index (χ2v) is 7.23. The molecule has 0 amide bonds. The van der Waals surface area contributed by atoms with Crippen LogP contribution < -0.4 is 5.32 Å². The first-order valence-electron chi connectivity index (χ1n) is 8.35. The number of nitrogens with one attached hydrogen (secondary N) is 1. The molecule has 0 saturated heterocycles. The number of halogens is 2. The molecule has 1 aromatic rings. The van der Waals surface area contributed by atoms with Crippen LogP contribution in [0.3, 0.4) is 0 Å². The summed E-state index contributed by atoms with van der Waals surface area (Å²) in [6.07, 6.45) is 10.5. The lowest BCUT2D eigenvalue weighted by atomic mass is 9.84. The summed E-state index contributed by atoms with van der Waals surface area (Å²) in [5.74, 6) is 0.765. The molecule has 1 nitrogen and oxygen atoms in total. The molecule has 0 aromatic heterocycles. The van der Waals surface area contributed by atoms with Crippen LogP contribution in [0.5, 0.6) is 0 Å². The lowest BCUT2D eigenvalue weighted by Gasteiger charge is -2.25. The molecule has 3 heteroatoms. The lowest BCUT2D eigenvalue weighted by Crippen LogP contribution is -2.31. The van der Waals surface area contributed by atoms with Crippen LogP contribution in [0.1, 0.15) is 57.4 Å². The zero-order valence-corrected chi connectivity index (χ0v) is 14.6. The van der Waals surface area contributed by atoms with Gasteiger partial charge in [-0.2, -0.15) is 0 Å². The average Bonchev–Trinajstić information content (AvgIpc) is 2.45. The number of hydrogen-bond acceptors (Lipinski definition) is 1. The molecule has 1 saturated carbocycles. The van der Waals surface area contributed by atoms with Crippen molar-refractivity contribution >= 4 is 15.9 Å². The number of benzene rings is 1. The summed E-state index contributed by atoms with van der Waals surface area (Å²) in [5.41, 5.74) is 1.08. The highest BCUT2D eigenvalue weighted by Crippen LogP contribution is 2.28. The summed E-state index contributed by atoms with van der Waals surface area (Å²) in [5, 5.41) is 3.57. The predicted octanol–water partition coefficient (Wildman–Crippen LogP) is 5.47. The second kappa shape index (κ2) is 8.89. The molecule has 1 aliphatic rings. The summed E-state index contributed by atoms with van der Waals surface area (Å²) < 4.78 is 14.3. The third kappa shape index (κ3) is 6.07. The first-order valence-corrected chi connectivity index (χ1v) is 9.15. The van der Waals surface area contributed by atoms with Crippen molar-refractivity contribution < 1.29 is 4.39 Å². The molecular formula is C18H27BrFN. The highest BCUT2D eigenvalue weighted by Gasteiger charge is 2.16. The Morgan fingerprint density at radius 1 is 1.24 bits per heavy atom. The first kappa shape index (κ1) is 17.0. The van der Waals surface area contributed by atoms with Crippen LogP contribution in [0.25, 0.3) is 0 Å². The van der Waals surface area contributed by atoms with Gasteiger partial charge in [-0.3, -0.25) is 0 Å². The molecule has 0 aliphatic heterocycles. The SMILES string of the molecule is CCNC(CCC1CCCCC1)Cc1cc(F)cc(Br)c1. The monoisotopic (exact) mass is 355 g/mol. The van der Waals surface area contributed by atoms with Gasteiger partial charge in [-0.15, -0.1) is 0 Å². The van der Waals surface area contributed by atoms with Crippen LogP contribution in [-0.2, 0) is 6.42 Å². The molecule has 2 rings (SSSR count). The average molecular weight is 356 g/mol. The Morgan fingerprint density at radius 3 is 2.67 bits per heavy atom. The smallest absolute Gasteiger partial charge is 0.124 e. The van der Waals surface area contributed by atoms with Crippen molar-refractivity contribution in [3.8, 4) is 0 Å². The Bertz CT molecular complexity index is 409. The minimum absolute atomic E-state index is 0.151. The van der Waals surface area contributed by atoms with Crippen molar-refractivity contribution in [3.05, 3.63) is 34.1 Å². The van der Waals surface area contributed by atoms with Crippen molar-refractivity contribution in [1.82, 2.24) is 5.32 Å². The van der Waals surface area contributed by atoms with Gasteiger partial charge in [0.15, 0.2) is 0 Å². The van der Waals surface area contributed by atoms with E-state index in [2.05, 4.69) is 28.2 Å². The van der Waals surface area contributed by atoms with Gasteiger partial charge in [-0.1, -0.05) is 55.0 Å². The largest absolute Gasteiger partial charge is 0.314 e. The van der Waals surface area contributed by atoms with Gasteiger partial charge in [0.2, 0.25) is 0 Å². The lowest BCUT2D eigenvalue weighted by molar-refractivity contribution is 0.313. The molecule has 0 radical (unpaired) electrons. The van der Waals surface area contributed by atoms with E-state index in [1.807, 2.05) is 6.07 Å². The van der Waals surface area contributed by atoms with Gasteiger partial charge in [0, 0.05) is 10.5 Å². The van der Waals surface area contributed by atoms with Gasteiger partial charge < -0.3 is 5.32 Å². The van der Waals surface area contributed by atoms with Gasteiger partial charge in [0.1, 0.15) is 5.82 Å². The molecule has 118 valence electrons. The quantitative estimate of drug-likeness (QED) is 0.683. The summed E-state index contributed by atoms with van der Waals surface area (Å²) in [4.78, 5) is 0. The predicted molar refractivity (Wildman–Crippen MR) is 91.1 cm³/mol. The van der Waals surface area contributed by atoms with Crippen LogP contribution in [0.2, 0.25) is 0 Å². The third-order valence-electron chi connectivity index (χ3n) is 4.55. The minimum atomic E-state index is -0.151. The molecule has 1 N–H and O–H groups in total. The molecule has 21 heavy (non-hydrogen) atoms. The van der Waals surface area contributed by atoms with E-state index < -0.39 is 0 Å². The molecule has 1 fully saturated rings. The van der Waals surface area contributed by atoms with Crippen LogP contribution in [-0.4, -0.2) is 12.6 Å². The van der Waals surface area contributed by atoms with Crippen molar-refractivity contribution in [3.63, 3.8) is 0 Å². The Morgan fingerprint density at radius 2 is 2.00 bits per heavy atom. The van der Waals surface area contributed by atoms with E-state index in [1.165, 1.54) is 51.0 Å². The molecule has 0 bridgehead atoms. The maximum absolute atomic E-state index is 13.5. The van der Waals surface area contributed by atoms with Crippen molar-refractivity contribution in [2.75, 3.05) is 6.54 Å². The van der Waals surface area contributed by atoms with Crippen LogP contribution >= 0.6 is 15.9 Å². The van der Waals surface area contributed by atoms with E-state index >= 15 is 0 Å². The summed E-state index contributed by atoms with van der Waals surface area (Å²) >= 11 is 3.38. The van der Waals surface area contributed by atoms with Gasteiger partial charge in [-0.05, 0) is 55.5 Å². The number of rotatable bonds is 7. The van der Waals surface area contributed by atoms with Crippen molar-refractivity contribution in [1.29, 1.82) is 0 Å². The Hall–Kier alpha value is -0.410. The molecule has 0 spiro atoms. The maximum Gasteiger partial charge on any atom is 0.124 e. The minimum Gasteiger partial charge on any atom is -0.314 e. The van der Waals surface area contributed by atoms with Crippen molar-refractivity contribution in [2.24, 2.45) is 5.92 Å². The van der Waals surface area contributed by atoms with Gasteiger partial charge in [0.05, 0.1) is 0 Å². The number of hydrogen-bond donors (Lipinski definition) is 1. The molecule has 1 unspecified atom stereocenters. The van der Waals surface area contributed by atoms with E-state index in [1.54, 1.807) is 6.07 Å². The fraction of sp³-hybridized carbons (Fsp3) is 0.667. The highest BCUT2D eigenvalue weighted by molar-refractivity contribution is 9.10. The normalized spacial score (nSPS) is 17.9. The topological polar surface area (TPSA) is 12.0 Å². The zero-order chi connectivity index (χ0) is 15.1. The van der Waals surface area contributed by atoms with Crippen LogP contribution in [0.15, 0.2) is 22.7 Å². The van der Waals surface area contributed by atoms with Crippen LogP contribution in [0, 0.1) is 11.7 Å². The molecule has 1 aromatic carbocycles. The fourth-order valence-electron chi connectivity index (χ4n) is 3.49. The fourth-order valence-corrected chi connectivity index (χ4v) is 4.00. The molecule has 1 atom stereocenters. The summed E-state index contributed by atoms with van der Waals surface area (Å²) in [7, 11) is 0. The standard InChI is InChI=1S/C18H27BrFN/c1-2-21-18(9-8-14-6-4-3-5-7-14)12-15-10-16(19)13-17(20)11-15/h10-11,13-14,18,21H,2-9,12H2,1H3.